The highest BCUT2D eigenvalue weighted by atomic mass is 19.1. The fourth-order valence-electron chi connectivity index (χ4n) is 1.71. The van der Waals surface area contributed by atoms with E-state index in [1.807, 2.05) is 24.5 Å². The average Bonchev–Trinajstić information content (AvgIpc) is 2.57. The van der Waals surface area contributed by atoms with Gasteiger partial charge in [0.2, 0.25) is 5.95 Å². The van der Waals surface area contributed by atoms with Crippen LogP contribution in [-0.4, -0.2) is 9.55 Å². The van der Waals surface area contributed by atoms with Crippen molar-refractivity contribution in [3.05, 3.63) is 24.0 Å². The van der Waals surface area contributed by atoms with Crippen molar-refractivity contribution in [1.82, 2.24) is 9.55 Å². The maximum Gasteiger partial charge on any atom is 0.218 e. The van der Waals surface area contributed by atoms with Gasteiger partial charge in [-0.25, -0.2) is 15.2 Å². The van der Waals surface area contributed by atoms with E-state index in [2.05, 4.69) is 10.4 Å². The Morgan fingerprint density at radius 3 is 2.80 bits per heavy atom. The highest BCUT2D eigenvalue weighted by molar-refractivity contribution is 5.79. The molecule has 3 N–H and O–H groups in total. The van der Waals surface area contributed by atoms with Crippen molar-refractivity contribution < 1.29 is 4.39 Å². The Morgan fingerprint density at radius 2 is 2.20 bits per heavy atom. The number of imidazole rings is 1. The second kappa shape index (κ2) is 3.51. The van der Waals surface area contributed by atoms with Gasteiger partial charge >= 0.3 is 0 Å². The zero-order valence-corrected chi connectivity index (χ0v) is 8.66. The standard InChI is InChI=1S/C10H13FN4/c1-6(2)15-8-5-3-4-7(11)9(8)13-10(15)14-12/h3-6H,12H2,1-2H3,(H,13,14). The summed E-state index contributed by atoms with van der Waals surface area (Å²) in [5.74, 6) is 5.49. The number of rotatable bonds is 2. The van der Waals surface area contributed by atoms with E-state index >= 15 is 0 Å². The van der Waals surface area contributed by atoms with Crippen LogP contribution in [0.15, 0.2) is 18.2 Å². The lowest BCUT2D eigenvalue weighted by Gasteiger charge is -2.11. The summed E-state index contributed by atoms with van der Waals surface area (Å²) in [6, 6.07) is 5.05. The molecule has 80 valence electrons. The van der Waals surface area contributed by atoms with Crippen LogP contribution < -0.4 is 11.3 Å². The molecule has 0 unspecified atom stereocenters. The minimum atomic E-state index is -0.330. The van der Waals surface area contributed by atoms with Gasteiger partial charge in [0.15, 0.2) is 5.82 Å². The molecule has 2 rings (SSSR count). The summed E-state index contributed by atoms with van der Waals surface area (Å²) < 4.78 is 15.3. The summed E-state index contributed by atoms with van der Waals surface area (Å²) in [5, 5.41) is 0. The zero-order valence-electron chi connectivity index (χ0n) is 8.66. The van der Waals surface area contributed by atoms with E-state index in [0.29, 0.717) is 11.5 Å². The SMILES string of the molecule is CC(C)n1c(NN)nc2c(F)cccc21. The number of hydrogen-bond donors (Lipinski definition) is 2. The molecule has 5 heteroatoms. The normalized spacial score (nSPS) is 11.3. The number of hydrogen-bond acceptors (Lipinski definition) is 3. The number of halogens is 1. The summed E-state index contributed by atoms with van der Waals surface area (Å²) in [7, 11) is 0. The molecule has 4 nitrogen and oxygen atoms in total. The summed E-state index contributed by atoms with van der Waals surface area (Å²) >= 11 is 0. The van der Waals surface area contributed by atoms with Gasteiger partial charge in [0.05, 0.1) is 5.52 Å². The molecule has 0 spiro atoms. The average molecular weight is 208 g/mol. The van der Waals surface area contributed by atoms with E-state index in [1.165, 1.54) is 6.07 Å². The largest absolute Gasteiger partial charge is 0.307 e. The summed E-state index contributed by atoms with van der Waals surface area (Å²) in [6.07, 6.45) is 0. The van der Waals surface area contributed by atoms with Crippen molar-refractivity contribution in [2.75, 3.05) is 5.43 Å². The molecule has 0 fully saturated rings. The maximum absolute atomic E-state index is 13.4. The van der Waals surface area contributed by atoms with Gasteiger partial charge in [-0.15, -0.1) is 0 Å². The molecule has 0 atom stereocenters. The Kier molecular flexibility index (Phi) is 2.32. The Hall–Kier alpha value is -1.62. The molecule has 0 radical (unpaired) electrons. The van der Waals surface area contributed by atoms with E-state index in [0.717, 1.165) is 5.52 Å². The first kappa shape index (κ1) is 9.92. The molecule has 0 amide bonds. The van der Waals surface area contributed by atoms with Crippen molar-refractivity contribution in [1.29, 1.82) is 0 Å². The molecular formula is C10H13FN4. The van der Waals surface area contributed by atoms with Crippen molar-refractivity contribution in [3.8, 4) is 0 Å². The maximum atomic E-state index is 13.4. The summed E-state index contributed by atoms with van der Waals surface area (Å²) in [4.78, 5) is 4.10. The number of nitrogens with one attached hydrogen (secondary N) is 1. The van der Waals surface area contributed by atoms with Gasteiger partial charge in [-0.1, -0.05) is 6.07 Å². The van der Waals surface area contributed by atoms with Gasteiger partial charge in [-0.2, -0.15) is 0 Å². The second-order valence-electron chi connectivity index (χ2n) is 3.65. The Labute approximate surface area is 86.9 Å². The van der Waals surface area contributed by atoms with Gasteiger partial charge in [0, 0.05) is 6.04 Å². The van der Waals surface area contributed by atoms with Crippen LogP contribution in [0.4, 0.5) is 10.3 Å². The third kappa shape index (κ3) is 1.45. The Balaban J connectivity index is 2.80. The lowest BCUT2D eigenvalue weighted by atomic mass is 10.3. The first-order chi connectivity index (χ1) is 7.15. The molecule has 0 bridgehead atoms. The number of para-hydroxylation sites is 1. The fourth-order valence-corrected chi connectivity index (χ4v) is 1.71. The van der Waals surface area contributed by atoms with Crippen LogP contribution in [0.1, 0.15) is 19.9 Å². The van der Waals surface area contributed by atoms with Crippen LogP contribution in [0.5, 0.6) is 0 Å². The Bertz CT molecular complexity index is 489. The molecule has 0 saturated carbocycles. The van der Waals surface area contributed by atoms with Crippen molar-refractivity contribution in [2.24, 2.45) is 5.84 Å². The molecule has 15 heavy (non-hydrogen) atoms. The number of nitrogens with zero attached hydrogens (tertiary/aromatic N) is 2. The molecule has 2 aromatic rings. The van der Waals surface area contributed by atoms with Crippen LogP contribution in [0.2, 0.25) is 0 Å². The quantitative estimate of drug-likeness (QED) is 0.586. The van der Waals surface area contributed by atoms with Gasteiger partial charge in [-0.3, -0.25) is 5.43 Å². The van der Waals surface area contributed by atoms with Gasteiger partial charge in [-0.05, 0) is 26.0 Å². The second-order valence-corrected chi connectivity index (χ2v) is 3.65. The smallest absolute Gasteiger partial charge is 0.218 e. The highest BCUT2D eigenvalue weighted by Crippen LogP contribution is 2.25. The van der Waals surface area contributed by atoms with Gasteiger partial charge < -0.3 is 4.57 Å². The number of hydrazine groups is 1. The van der Waals surface area contributed by atoms with Crippen molar-refractivity contribution in [3.63, 3.8) is 0 Å². The number of aromatic nitrogens is 2. The molecular weight excluding hydrogens is 195 g/mol. The van der Waals surface area contributed by atoms with E-state index in [4.69, 9.17) is 5.84 Å². The lowest BCUT2D eigenvalue weighted by Crippen LogP contribution is -2.14. The minimum Gasteiger partial charge on any atom is -0.307 e. The van der Waals surface area contributed by atoms with Crippen molar-refractivity contribution in [2.45, 2.75) is 19.9 Å². The highest BCUT2D eigenvalue weighted by Gasteiger charge is 2.14. The zero-order chi connectivity index (χ0) is 11.0. The molecule has 1 heterocycles. The van der Waals surface area contributed by atoms with Crippen LogP contribution >= 0.6 is 0 Å². The predicted octanol–water partition coefficient (Wildman–Crippen LogP) is 2.04. The summed E-state index contributed by atoms with van der Waals surface area (Å²) in [6.45, 7) is 3.99. The summed E-state index contributed by atoms with van der Waals surface area (Å²) in [5.41, 5.74) is 3.57. The number of nitrogen functional groups attached to an aromatic ring is 1. The van der Waals surface area contributed by atoms with Crippen LogP contribution in [-0.2, 0) is 0 Å². The Morgan fingerprint density at radius 1 is 1.47 bits per heavy atom. The molecule has 1 aromatic heterocycles. The molecule has 0 aliphatic heterocycles. The molecule has 1 aromatic carbocycles. The van der Waals surface area contributed by atoms with E-state index < -0.39 is 0 Å². The van der Waals surface area contributed by atoms with Gasteiger partial charge in [0.25, 0.3) is 0 Å². The van der Waals surface area contributed by atoms with Crippen LogP contribution in [0.3, 0.4) is 0 Å². The van der Waals surface area contributed by atoms with Gasteiger partial charge in [0.1, 0.15) is 5.52 Å². The number of anilines is 1. The first-order valence-electron chi connectivity index (χ1n) is 4.78. The third-order valence-electron chi connectivity index (χ3n) is 2.32. The number of fused-ring (bicyclic) bond motifs is 1. The molecule has 0 saturated heterocycles. The van der Waals surface area contributed by atoms with E-state index in [-0.39, 0.29) is 11.9 Å². The van der Waals surface area contributed by atoms with E-state index in [1.54, 1.807) is 6.07 Å². The fraction of sp³-hybridized carbons (Fsp3) is 0.300. The van der Waals surface area contributed by atoms with Crippen LogP contribution in [0, 0.1) is 5.82 Å². The number of benzene rings is 1. The predicted molar refractivity (Wildman–Crippen MR) is 57.9 cm³/mol. The minimum absolute atomic E-state index is 0.169. The monoisotopic (exact) mass is 208 g/mol. The third-order valence-corrected chi connectivity index (χ3v) is 2.32. The van der Waals surface area contributed by atoms with Crippen LogP contribution in [0.25, 0.3) is 11.0 Å². The molecule has 0 aliphatic rings. The molecule has 0 aliphatic carbocycles. The number of nitrogens with two attached hydrogens (primary N) is 1. The topological polar surface area (TPSA) is 55.9 Å². The van der Waals surface area contributed by atoms with Crippen molar-refractivity contribution >= 4 is 17.0 Å². The first-order valence-corrected chi connectivity index (χ1v) is 4.78. The lowest BCUT2D eigenvalue weighted by molar-refractivity contribution is 0.622. The van der Waals surface area contributed by atoms with E-state index in [9.17, 15) is 4.39 Å².